The fourth-order valence-corrected chi connectivity index (χ4v) is 1.57. The second kappa shape index (κ2) is 7.80. The van der Waals surface area contributed by atoms with Crippen molar-refractivity contribution in [3.8, 4) is 0 Å². The highest BCUT2D eigenvalue weighted by Crippen LogP contribution is 2.06. The second-order valence-electron chi connectivity index (χ2n) is 4.13. The van der Waals surface area contributed by atoms with E-state index in [0.29, 0.717) is 6.42 Å². The van der Waals surface area contributed by atoms with Crippen LogP contribution < -0.4 is 0 Å². The maximum absolute atomic E-state index is 11.5. The predicted octanol–water partition coefficient (Wildman–Crippen LogP) is 2.91. The number of ketones is 1. The first-order valence-electron chi connectivity index (χ1n) is 6.16. The van der Waals surface area contributed by atoms with Crippen LogP contribution in [0.4, 0.5) is 0 Å². The molecule has 2 nitrogen and oxygen atoms in total. The monoisotopic (exact) mass is 232 g/mol. The van der Waals surface area contributed by atoms with Crippen LogP contribution in [-0.4, -0.2) is 17.0 Å². The van der Waals surface area contributed by atoms with Crippen molar-refractivity contribution in [2.45, 2.75) is 38.7 Å². The average molecular weight is 232 g/mol. The van der Waals surface area contributed by atoms with E-state index < -0.39 is 6.10 Å². The molecular formula is C15H20O2. The van der Waals surface area contributed by atoms with Gasteiger partial charge in [-0.1, -0.05) is 49.8 Å². The van der Waals surface area contributed by atoms with E-state index in [0.717, 1.165) is 24.8 Å². The first kappa shape index (κ1) is 13.7. The number of carbonyl (C=O) groups is 1. The molecule has 0 saturated carbocycles. The van der Waals surface area contributed by atoms with Gasteiger partial charge in [-0.25, -0.2) is 0 Å². The largest absolute Gasteiger partial charge is 0.385 e. The van der Waals surface area contributed by atoms with Gasteiger partial charge in [-0.15, -0.1) is 0 Å². The van der Waals surface area contributed by atoms with Gasteiger partial charge in [-0.3, -0.25) is 4.79 Å². The van der Waals surface area contributed by atoms with Crippen molar-refractivity contribution in [2.75, 3.05) is 0 Å². The summed E-state index contributed by atoms with van der Waals surface area (Å²) in [6, 6.07) is 9.89. The van der Waals surface area contributed by atoms with E-state index in [2.05, 4.69) is 6.92 Å². The van der Waals surface area contributed by atoms with Crippen LogP contribution in [0.2, 0.25) is 0 Å². The van der Waals surface area contributed by atoms with Crippen LogP contribution in [0.25, 0.3) is 0 Å². The molecule has 1 aromatic carbocycles. The number of allylic oxidation sites excluding steroid dienone is 1. The number of rotatable bonds is 7. The van der Waals surface area contributed by atoms with Crippen molar-refractivity contribution in [1.82, 2.24) is 0 Å². The molecule has 0 spiro atoms. The molecule has 0 amide bonds. The lowest BCUT2D eigenvalue weighted by Gasteiger charge is -2.06. The van der Waals surface area contributed by atoms with Gasteiger partial charge in [0, 0.05) is 0 Å². The quantitative estimate of drug-likeness (QED) is 0.734. The molecule has 0 aliphatic heterocycles. The Kier molecular flexibility index (Phi) is 6.26. The third kappa shape index (κ3) is 5.45. The molecular weight excluding hydrogens is 212 g/mol. The first-order valence-corrected chi connectivity index (χ1v) is 6.16. The lowest BCUT2D eigenvalue weighted by molar-refractivity contribution is -0.122. The zero-order chi connectivity index (χ0) is 12.5. The van der Waals surface area contributed by atoms with Gasteiger partial charge < -0.3 is 5.11 Å². The molecule has 92 valence electrons. The molecule has 0 unspecified atom stereocenters. The van der Waals surface area contributed by atoms with Gasteiger partial charge in [-0.2, -0.15) is 0 Å². The maximum atomic E-state index is 11.5. The van der Waals surface area contributed by atoms with E-state index in [4.69, 9.17) is 0 Å². The molecule has 0 aromatic heterocycles. The lowest BCUT2D eigenvalue weighted by atomic mass is 10.0. The van der Waals surface area contributed by atoms with Crippen molar-refractivity contribution in [2.24, 2.45) is 0 Å². The van der Waals surface area contributed by atoms with Gasteiger partial charge in [0.05, 0.1) is 0 Å². The number of aliphatic hydroxyl groups excluding tert-OH is 1. The van der Waals surface area contributed by atoms with Crippen LogP contribution in [0, 0.1) is 0 Å². The Hall–Kier alpha value is -1.41. The molecule has 0 fully saturated rings. The van der Waals surface area contributed by atoms with Crippen LogP contribution in [0.3, 0.4) is 0 Å². The average Bonchev–Trinajstić information content (AvgIpc) is 2.37. The smallest absolute Gasteiger partial charge is 0.183 e. The summed E-state index contributed by atoms with van der Waals surface area (Å²) in [7, 11) is 0. The molecule has 0 aliphatic rings. The normalized spacial score (nSPS) is 12.8. The molecule has 17 heavy (non-hydrogen) atoms. The summed E-state index contributed by atoms with van der Waals surface area (Å²) in [5, 5.41) is 9.68. The summed E-state index contributed by atoms with van der Waals surface area (Å²) in [5.74, 6) is -0.186. The van der Waals surface area contributed by atoms with E-state index in [1.54, 1.807) is 0 Å². The Labute approximate surface area is 103 Å². The summed E-state index contributed by atoms with van der Waals surface area (Å²) in [6.07, 6.45) is 5.58. The van der Waals surface area contributed by atoms with Gasteiger partial charge >= 0.3 is 0 Å². The van der Waals surface area contributed by atoms with Gasteiger partial charge in [0.2, 0.25) is 0 Å². The van der Waals surface area contributed by atoms with E-state index in [9.17, 15) is 9.90 Å². The molecule has 0 heterocycles. The number of unbranched alkanes of at least 4 members (excludes halogenated alkanes) is 1. The molecule has 0 bridgehead atoms. The zero-order valence-corrected chi connectivity index (χ0v) is 10.3. The van der Waals surface area contributed by atoms with Gasteiger partial charge in [0.1, 0.15) is 6.10 Å². The van der Waals surface area contributed by atoms with Gasteiger partial charge in [0.25, 0.3) is 0 Å². The maximum Gasteiger partial charge on any atom is 0.183 e. The highest BCUT2D eigenvalue weighted by molar-refractivity contribution is 5.93. The van der Waals surface area contributed by atoms with E-state index in [1.165, 1.54) is 6.08 Å². The van der Waals surface area contributed by atoms with Gasteiger partial charge in [0.15, 0.2) is 5.78 Å². The zero-order valence-electron chi connectivity index (χ0n) is 10.3. The van der Waals surface area contributed by atoms with Crippen LogP contribution in [0.15, 0.2) is 42.5 Å². The predicted molar refractivity (Wildman–Crippen MR) is 69.8 cm³/mol. The van der Waals surface area contributed by atoms with Crippen LogP contribution in [0.5, 0.6) is 0 Å². The number of aliphatic hydroxyl groups is 1. The standard InChI is InChI=1S/C15H20O2/c1-2-3-5-10-14(16)15(17)12-11-13-8-6-4-7-9-13/h4-10,15,17H,2-3,11-12H2,1H3/b10-5-/t15-/m1/s1. The lowest BCUT2D eigenvalue weighted by Crippen LogP contribution is -2.18. The highest BCUT2D eigenvalue weighted by Gasteiger charge is 2.11. The van der Waals surface area contributed by atoms with Crippen molar-refractivity contribution >= 4 is 5.78 Å². The van der Waals surface area contributed by atoms with Crippen molar-refractivity contribution in [1.29, 1.82) is 0 Å². The molecule has 1 N–H and O–H groups in total. The third-order valence-corrected chi connectivity index (χ3v) is 2.62. The van der Waals surface area contributed by atoms with Crippen molar-refractivity contribution < 1.29 is 9.90 Å². The Balaban J connectivity index is 2.34. The van der Waals surface area contributed by atoms with Crippen LogP contribution >= 0.6 is 0 Å². The van der Waals surface area contributed by atoms with Crippen LogP contribution in [0.1, 0.15) is 31.7 Å². The topological polar surface area (TPSA) is 37.3 Å². The number of carbonyl (C=O) groups excluding carboxylic acids is 1. The number of aryl methyl sites for hydroxylation is 1. The Morgan fingerprint density at radius 2 is 2.06 bits per heavy atom. The SMILES string of the molecule is CCC/C=C\C(=O)[C@H](O)CCc1ccccc1. The summed E-state index contributed by atoms with van der Waals surface area (Å²) >= 11 is 0. The fraction of sp³-hybridized carbons (Fsp3) is 0.400. The molecule has 0 radical (unpaired) electrons. The summed E-state index contributed by atoms with van der Waals surface area (Å²) in [5.41, 5.74) is 1.15. The Morgan fingerprint density at radius 3 is 2.71 bits per heavy atom. The number of hydrogen-bond acceptors (Lipinski definition) is 2. The van der Waals surface area contributed by atoms with E-state index in [-0.39, 0.29) is 5.78 Å². The first-order chi connectivity index (χ1) is 8.24. The summed E-state index contributed by atoms with van der Waals surface area (Å²) in [4.78, 5) is 11.5. The van der Waals surface area contributed by atoms with E-state index >= 15 is 0 Å². The van der Waals surface area contributed by atoms with Gasteiger partial charge in [-0.05, 0) is 30.9 Å². The van der Waals surface area contributed by atoms with E-state index in [1.807, 2.05) is 36.4 Å². The summed E-state index contributed by atoms with van der Waals surface area (Å²) < 4.78 is 0. The second-order valence-corrected chi connectivity index (χ2v) is 4.13. The molecule has 0 aliphatic carbocycles. The number of hydrogen-bond donors (Lipinski definition) is 1. The Bertz CT molecular complexity index is 354. The molecule has 1 aromatic rings. The van der Waals surface area contributed by atoms with Crippen molar-refractivity contribution in [3.63, 3.8) is 0 Å². The minimum absolute atomic E-state index is 0.186. The molecule has 0 saturated heterocycles. The fourth-order valence-electron chi connectivity index (χ4n) is 1.57. The minimum atomic E-state index is -0.872. The third-order valence-electron chi connectivity index (χ3n) is 2.62. The molecule has 1 rings (SSSR count). The highest BCUT2D eigenvalue weighted by atomic mass is 16.3. The summed E-state index contributed by atoms with van der Waals surface area (Å²) in [6.45, 7) is 2.06. The number of benzene rings is 1. The molecule has 1 atom stereocenters. The minimum Gasteiger partial charge on any atom is -0.385 e. The van der Waals surface area contributed by atoms with Crippen molar-refractivity contribution in [3.05, 3.63) is 48.0 Å². The van der Waals surface area contributed by atoms with Crippen LogP contribution in [-0.2, 0) is 11.2 Å². The molecule has 2 heteroatoms. The Morgan fingerprint density at radius 1 is 1.35 bits per heavy atom.